The molecule has 2 bridgehead atoms. The Hall–Kier alpha value is -3.72. The Kier molecular flexibility index (Phi) is 6.77. The second kappa shape index (κ2) is 9.73. The molecule has 7 atom stereocenters. The van der Waals surface area contributed by atoms with Crippen molar-refractivity contribution >= 4 is 23.9 Å². The van der Waals surface area contributed by atoms with Gasteiger partial charge in [0.25, 0.3) is 0 Å². The summed E-state index contributed by atoms with van der Waals surface area (Å²) in [6.45, 7) is 0.610. The van der Waals surface area contributed by atoms with E-state index in [4.69, 9.17) is 24.4 Å². The number of piperidine rings is 1. The number of hydrogen-bond donors (Lipinski definition) is 5. The van der Waals surface area contributed by atoms with Crippen molar-refractivity contribution < 1.29 is 63.7 Å². The molecule has 5 rings (SSSR count). The first-order valence-corrected chi connectivity index (χ1v) is 12.6. The molecule has 1 aromatic rings. The van der Waals surface area contributed by atoms with Crippen LogP contribution in [0.5, 0.6) is 11.5 Å². The summed E-state index contributed by atoms with van der Waals surface area (Å²) in [6, 6.07) is 3.42. The number of carboxylic acid groups (broad SMARTS) is 2. The Balaban J connectivity index is 1.41. The van der Waals surface area contributed by atoms with E-state index >= 15 is 0 Å². The molecule has 1 spiro atoms. The molecule has 4 aliphatic rings. The molecule has 0 amide bonds. The van der Waals surface area contributed by atoms with Crippen LogP contribution >= 0.6 is 0 Å². The molecule has 216 valence electrons. The largest absolute Gasteiger partial charge is 0.493 e. The molecule has 14 heteroatoms. The van der Waals surface area contributed by atoms with Crippen LogP contribution in [0, 0.1) is 0 Å². The summed E-state index contributed by atoms with van der Waals surface area (Å²) in [6.07, 6.45) is -6.77. The first kappa shape index (κ1) is 27.8. The first-order chi connectivity index (χ1) is 18.9. The van der Waals surface area contributed by atoms with Crippen molar-refractivity contribution in [2.45, 2.75) is 67.2 Å². The highest BCUT2D eigenvalue weighted by atomic mass is 16.6. The Morgan fingerprint density at radius 2 is 1.85 bits per heavy atom. The van der Waals surface area contributed by atoms with Crippen LogP contribution in [0.25, 0.3) is 0 Å². The van der Waals surface area contributed by atoms with Crippen molar-refractivity contribution in [3.63, 3.8) is 0 Å². The minimum atomic E-state index is -2.57. The third-order valence-electron chi connectivity index (χ3n) is 8.45. The van der Waals surface area contributed by atoms with E-state index < -0.39 is 65.7 Å². The van der Waals surface area contributed by atoms with Gasteiger partial charge in [0.1, 0.15) is 5.76 Å². The molecule has 2 aliphatic carbocycles. The monoisotopic (exact) mass is 563 g/mol. The quantitative estimate of drug-likeness (QED) is 0.221. The Labute approximate surface area is 227 Å². The summed E-state index contributed by atoms with van der Waals surface area (Å²) >= 11 is 0. The van der Waals surface area contributed by atoms with Gasteiger partial charge in [0.15, 0.2) is 29.8 Å². The summed E-state index contributed by atoms with van der Waals surface area (Å²) in [7, 11) is 3.41. The second-order valence-corrected chi connectivity index (χ2v) is 10.5. The minimum Gasteiger partial charge on any atom is -0.493 e. The van der Waals surface area contributed by atoms with E-state index in [2.05, 4.69) is 9.64 Å². The van der Waals surface area contributed by atoms with Crippen LogP contribution in [-0.2, 0) is 40.5 Å². The van der Waals surface area contributed by atoms with Gasteiger partial charge in [-0.15, -0.1) is 0 Å². The van der Waals surface area contributed by atoms with Crippen LogP contribution in [0.15, 0.2) is 24.0 Å². The number of rotatable bonds is 9. The summed E-state index contributed by atoms with van der Waals surface area (Å²) < 4.78 is 21.7. The molecule has 2 heterocycles. The molecular weight excluding hydrogens is 534 g/mol. The molecule has 40 heavy (non-hydrogen) atoms. The summed E-state index contributed by atoms with van der Waals surface area (Å²) in [5.41, 5.74) is -0.573. The predicted molar refractivity (Wildman–Crippen MR) is 129 cm³/mol. The molecule has 0 saturated carbocycles. The maximum absolute atomic E-state index is 12.9. The lowest BCUT2D eigenvalue weighted by Gasteiger charge is -2.61. The Morgan fingerprint density at radius 3 is 2.50 bits per heavy atom. The lowest BCUT2D eigenvalue weighted by atomic mass is 9.50. The number of carbonyl (C=O) groups excluding carboxylic acids is 2. The van der Waals surface area contributed by atoms with Gasteiger partial charge in [-0.3, -0.25) is 4.79 Å². The lowest BCUT2D eigenvalue weighted by Crippen LogP contribution is -2.74. The molecule has 1 aromatic carbocycles. The van der Waals surface area contributed by atoms with Gasteiger partial charge in [0.05, 0.1) is 24.5 Å². The predicted octanol–water partition coefficient (Wildman–Crippen LogP) is -1.29. The molecule has 1 saturated heterocycles. The van der Waals surface area contributed by atoms with E-state index in [-0.39, 0.29) is 18.2 Å². The van der Waals surface area contributed by atoms with E-state index in [1.807, 2.05) is 13.1 Å². The Morgan fingerprint density at radius 1 is 1.15 bits per heavy atom. The second-order valence-electron chi connectivity index (χ2n) is 10.5. The van der Waals surface area contributed by atoms with Crippen LogP contribution in [0.3, 0.4) is 0 Å². The van der Waals surface area contributed by atoms with Crippen molar-refractivity contribution in [2.24, 2.45) is 0 Å². The number of likely N-dealkylation sites (tertiary alicyclic amines) is 1. The average molecular weight is 564 g/mol. The topological polar surface area (TPSA) is 210 Å². The standard InChI is InChI=1S/C26H29NO13/c1-27-8-7-25-17-11-3-4-12(37-2)20(17)40-21(25)13(5-6-26(25,36)15(27)9-11)38-23(34)18(30)19(31)24(35)39-14(22(32)33)10-16(28)29/h3-5,14-15,18-19,21,30-31,36H,6-10H2,1-2H3,(H,28,29)(H,32,33)/t14-,15-,18+,19+,21+,25+,26-/m0/s1. The molecule has 0 aromatic heterocycles. The molecule has 0 unspecified atom stereocenters. The van der Waals surface area contributed by atoms with Crippen LogP contribution in [0.4, 0.5) is 0 Å². The van der Waals surface area contributed by atoms with Crippen LogP contribution in [0.2, 0.25) is 0 Å². The van der Waals surface area contributed by atoms with Gasteiger partial charge in [0, 0.05) is 18.0 Å². The molecule has 2 aliphatic heterocycles. The molecule has 14 nitrogen and oxygen atoms in total. The number of carbonyl (C=O) groups is 4. The van der Waals surface area contributed by atoms with Gasteiger partial charge in [-0.05, 0) is 44.1 Å². The van der Waals surface area contributed by atoms with Gasteiger partial charge in [-0.25, -0.2) is 14.4 Å². The summed E-state index contributed by atoms with van der Waals surface area (Å²) in [5.74, 6) is -5.77. The number of likely N-dealkylation sites (N-methyl/N-ethyl adjacent to an activating group) is 1. The smallest absolute Gasteiger partial charge is 0.345 e. The maximum Gasteiger partial charge on any atom is 0.345 e. The van der Waals surface area contributed by atoms with Gasteiger partial charge < -0.3 is 49.4 Å². The van der Waals surface area contributed by atoms with E-state index in [0.717, 1.165) is 11.1 Å². The van der Waals surface area contributed by atoms with E-state index in [9.17, 15) is 34.5 Å². The highest BCUT2D eigenvalue weighted by Crippen LogP contribution is 2.65. The maximum atomic E-state index is 12.9. The number of ether oxygens (including phenoxy) is 4. The number of methoxy groups -OCH3 is 1. The van der Waals surface area contributed by atoms with Gasteiger partial charge in [0.2, 0.25) is 6.10 Å². The normalized spacial score (nSPS) is 30.1. The van der Waals surface area contributed by atoms with Crippen molar-refractivity contribution in [2.75, 3.05) is 20.7 Å². The van der Waals surface area contributed by atoms with E-state index in [1.165, 1.54) is 13.2 Å². The highest BCUT2D eigenvalue weighted by molar-refractivity contribution is 5.88. The van der Waals surface area contributed by atoms with Crippen LogP contribution in [0.1, 0.15) is 30.4 Å². The number of carboxylic acids is 2. The first-order valence-electron chi connectivity index (χ1n) is 12.6. The number of benzene rings is 1. The fourth-order valence-corrected chi connectivity index (χ4v) is 6.57. The number of aliphatic hydroxyl groups excluding tert-OH is 2. The van der Waals surface area contributed by atoms with Gasteiger partial charge in [-0.2, -0.15) is 0 Å². The lowest BCUT2D eigenvalue weighted by molar-refractivity contribution is -0.184. The van der Waals surface area contributed by atoms with E-state index in [1.54, 1.807) is 6.07 Å². The third-order valence-corrected chi connectivity index (χ3v) is 8.45. The fourth-order valence-electron chi connectivity index (χ4n) is 6.57. The van der Waals surface area contributed by atoms with Crippen molar-refractivity contribution in [3.8, 4) is 11.5 Å². The van der Waals surface area contributed by atoms with Gasteiger partial charge in [-0.1, -0.05) is 6.07 Å². The number of hydrogen-bond acceptors (Lipinski definition) is 12. The van der Waals surface area contributed by atoms with Crippen molar-refractivity contribution in [3.05, 3.63) is 35.1 Å². The van der Waals surface area contributed by atoms with E-state index in [0.29, 0.717) is 30.9 Å². The molecule has 1 fully saturated rings. The zero-order valence-corrected chi connectivity index (χ0v) is 21.6. The van der Waals surface area contributed by atoms with Gasteiger partial charge >= 0.3 is 23.9 Å². The van der Waals surface area contributed by atoms with Crippen LogP contribution in [-0.4, -0.2) is 111 Å². The number of aliphatic hydroxyl groups is 3. The zero-order valence-electron chi connectivity index (χ0n) is 21.6. The zero-order chi connectivity index (χ0) is 29.1. The summed E-state index contributed by atoms with van der Waals surface area (Å²) in [5, 5.41) is 50.5. The number of aliphatic carboxylic acids is 2. The Bertz CT molecular complexity index is 1310. The fraction of sp³-hybridized carbons (Fsp3) is 0.538. The minimum absolute atomic E-state index is 0.0435. The third kappa shape index (κ3) is 3.93. The molecule has 5 N–H and O–H groups in total. The number of esters is 2. The highest BCUT2D eigenvalue weighted by Gasteiger charge is 2.72. The summed E-state index contributed by atoms with van der Waals surface area (Å²) in [4.78, 5) is 49.1. The molecular formula is C26H29NO13. The molecule has 0 radical (unpaired) electrons. The average Bonchev–Trinajstić information content (AvgIpc) is 3.26. The van der Waals surface area contributed by atoms with Crippen molar-refractivity contribution in [1.29, 1.82) is 0 Å². The number of nitrogens with zero attached hydrogens (tertiary/aromatic N) is 1. The van der Waals surface area contributed by atoms with Crippen molar-refractivity contribution in [1.82, 2.24) is 4.90 Å². The van der Waals surface area contributed by atoms with Crippen LogP contribution < -0.4 is 9.47 Å². The SMILES string of the molecule is COc1ccc2c3c1O[C@@H]1C(OC(=O)[C@H](O)[C@@H](O)C(=O)O[C@@H](CC(=O)O)C(=O)O)=CC[C@]4(O)[C@H](C2)N(C)CC[C@@]314.